The summed E-state index contributed by atoms with van der Waals surface area (Å²) in [7, 11) is 0. The quantitative estimate of drug-likeness (QED) is 0.690. The Morgan fingerprint density at radius 3 is 2.32 bits per heavy atom. The van der Waals surface area contributed by atoms with Gasteiger partial charge in [0.05, 0.1) is 5.56 Å². The third kappa shape index (κ3) is 2.33. The van der Waals surface area contributed by atoms with Crippen molar-refractivity contribution in [1.82, 2.24) is 4.90 Å². The zero-order valence-corrected chi connectivity index (χ0v) is 15.5. The number of rotatable bonds is 2. The molecule has 2 aliphatic heterocycles. The number of fused-ring (bicyclic) bond motifs is 3. The zero-order chi connectivity index (χ0) is 19.3. The number of nitrogens with zero attached hydrogens (tertiary/aromatic N) is 1. The van der Waals surface area contributed by atoms with Crippen molar-refractivity contribution < 1.29 is 9.59 Å². The molecule has 0 aliphatic carbocycles. The number of benzene rings is 3. The molecule has 1 atom stereocenters. The average Bonchev–Trinajstić information content (AvgIpc) is 2.99. The van der Waals surface area contributed by atoms with Crippen molar-refractivity contribution in [3.63, 3.8) is 0 Å². The lowest BCUT2D eigenvalue weighted by atomic mass is 9.92. The third-order valence-electron chi connectivity index (χ3n) is 5.27. The molecule has 0 saturated carbocycles. The first-order valence-electron chi connectivity index (χ1n) is 8.94. The van der Waals surface area contributed by atoms with Gasteiger partial charge in [0.1, 0.15) is 0 Å². The van der Waals surface area contributed by atoms with E-state index >= 15 is 0 Å². The van der Waals surface area contributed by atoms with Gasteiger partial charge in [-0.05, 0) is 35.9 Å². The number of hydrogen-bond acceptors (Lipinski definition) is 3. The van der Waals surface area contributed by atoms with Gasteiger partial charge in [-0.25, -0.2) is 0 Å². The van der Waals surface area contributed by atoms with Crippen LogP contribution < -0.4 is 10.6 Å². The molecule has 2 heterocycles. The highest BCUT2D eigenvalue weighted by Crippen LogP contribution is 2.45. The van der Waals surface area contributed by atoms with Gasteiger partial charge in [0.2, 0.25) is 5.66 Å². The van der Waals surface area contributed by atoms with Crippen LogP contribution in [0, 0.1) is 0 Å². The van der Waals surface area contributed by atoms with Gasteiger partial charge in [0.25, 0.3) is 11.8 Å². The van der Waals surface area contributed by atoms with Crippen molar-refractivity contribution in [2.45, 2.75) is 12.2 Å². The molecule has 2 amide bonds. The lowest BCUT2D eigenvalue weighted by molar-refractivity contribution is -0.125. The van der Waals surface area contributed by atoms with Crippen molar-refractivity contribution in [3.8, 4) is 0 Å². The van der Waals surface area contributed by atoms with Gasteiger partial charge >= 0.3 is 0 Å². The number of halogens is 1. The molecule has 0 unspecified atom stereocenters. The van der Waals surface area contributed by atoms with E-state index in [0.717, 1.165) is 11.1 Å². The Morgan fingerprint density at radius 1 is 0.857 bits per heavy atom. The SMILES string of the molecule is O=C1c2ccccc2N[C@]2(C(=O)Nc3ccccc32)N1Cc1ccc(Cl)cc1. The van der Waals surface area contributed by atoms with E-state index in [1.54, 1.807) is 23.1 Å². The molecule has 0 bridgehead atoms. The smallest absolute Gasteiger partial charge is 0.276 e. The van der Waals surface area contributed by atoms with Crippen molar-refractivity contribution >= 4 is 34.8 Å². The number of amides is 2. The van der Waals surface area contributed by atoms with Crippen LogP contribution in [0.25, 0.3) is 0 Å². The van der Waals surface area contributed by atoms with Crippen LogP contribution in [0.5, 0.6) is 0 Å². The lowest BCUT2D eigenvalue weighted by Crippen LogP contribution is -2.60. The van der Waals surface area contributed by atoms with Crippen LogP contribution in [0.4, 0.5) is 11.4 Å². The normalized spacial score (nSPS) is 19.8. The number of hydrogen-bond donors (Lipinski definition) is 2. The fourth-order valence-corrected chi connectivity index (χ4v) is 4.06. The maximum absolute atomic E-state index is 13.5. The fraction of sp³-hybridized carbons (Fsp3) is 0.0909. The van der Waals surface area contributed by atoms with Crippen LogP contribution in [-0.2, 0) is 17.0 Å². The van der Waals surface area contributed by atoms with Gasteiger partial charge in [0.15, 0.2) is 0 Å². The van der Waals surface area contributed by atoms with E-state index in [2.05, 4.69) is 10.6 Å². The summed E-state index contributed by atoms with van der Waals surface area (Å²) in [6.45, 7) is 0.263. The molecule has 0 saturated heterocycles. The molecule has 5 rings (SSSR count). The molecular formula is C22H16ClN3O2. The van der Waals surface area contributed by atoms with Crippen molar-refractivity contribution in [3.05, 3.63) is 94.5 Å². The van der Waals surface area contributed by atoms with Gasteiger partial charge in [-0.3, -0.25) is 14.5 Å². The molecule has 0 aromatic heterocycles. The molecular weight excluding hydrogens is 374 g/mol. The van der Waals surface area contributed by atoms with E-state index < -0.39 is 5.66 Å². The molecule has 3 aromatic carbocycles. The van der Waals surface area contributed by atoms with Crippen molar-refractivity contribution in [2.75, 3.05) is 10.6 Å². The van der Waals surface area contributed by atoms with Crippen LogP contribution in [0.3, 0.4) is 0 Å². The monoisotopic (exact) mass is 389 g/mol. The molecule has 138 valence electrons. The van der Waals surface area contributed by atoms with Gasteiger partial charge in [0, 0.05) is 28.5 Å². The highest BCUT2D eigenvalue weighted by molar-refractivity contribution is 6.30. The van der Waals surface area contributed by atoms with Gasteiger partial charge < -0.3 is 10.6 Å². The lowest BCUT2D eigenvalue weighted by Gasteiger charge is -2.44. The van der Waals surface area contributed by atoms with Crippen LogP contribution >= 0.6 is 11.6 Å². The number of nitrogens with one attached hydrogen (secondary N) is 2. The first kappa shape index (κ1) is 16.8. The number of carbonyl (C=O) groups excluding carboxylic acids is 2. The van der Waals surface area contributed by atoms with Crippen LogP contribution in [0.15, 0.2) is 72.8 Å². The summed E-state index contributed by atoms with van der Waals surface area (Å²) in [5.74, 6) is -0.471. The Balaban J connectivity index is 1.70. The summed E-state index contributed by atoms with van der Waals surface area (Å²) in [6, 6.07) is 22.0. The van der Waals surface area contributed by atoms with Gasteiger partial charge in [-0.15, -0.1) is 0 Å². The molecule has 0 radical (unpaired) electrons. The van der Waals surface area contributed by atoms with E-state index in [1.807, 2.05) is 54.6 Å². The molecule has 1 spiro atoms. The molecule has 2 aliphatic rings. The summed E-state index contributed by atoms with van der Waals surface area (Å²) in [6.07, 6.45) is 0. The second kappa shape index (κ2) is 6.11. The van der Waals surface area contributed by atoms with Gasteiger partial charge in [-0.2, -0.15) is 0 Å². The Hall–Kier alpha value is -3.31. The highest BCUT2D eigenvalue weighted by atomic mass is 35.5. The third-order valence-corrected chi connectivity index (χ3v) is 5.52. The second-order valence-electron chi connectivity index (χ2n) is 6.90. The van der Waals surface area contributed by atoms with Crippen molar-refractivity contribution in [2.24, 2.45) is 0 Å². The van der Waals surface area contributed by atoms with E-state index in [4.69, 9.17) is 11.6 Å². The van der Waals surface area contributed by atoms with E-state index in [0.29, 0.717) is 22.0 Å². The number of carbonyl (C=O) groups is 2. The average molecular weight is 390 g/mol. The number of para-hydroxylation sites is 2. The summed E-state index contributed by atoms with van der Waals surface area (Å²) < 4.78 is 0. The second-order valence-corrected chi connectivity index (χ2v) is 7.33. The molecule has 3 aromatic rings. The molecule has 2 N–H and O–H groups in total. The predicted octanol–water partition coefficient (Wildman–Crippen LogP) is 4.21. The van der Waals surface area contributed by atoms with Crippen LogP contribution in [0.2, 0.25) is 5.02 Å². The van der Waals surface area contributed by atoms with E-state index in [9.17, 15) is 9.59 Å². The Bertz CT molecular complexity index is 1110. The molecule has 6 heteroatoms. The molecule has 28 heavy (non-hydrogen) atoms. The van der Waals surface area contributed by atoms with Crippen LogP contribution in [-0.4, -0.2) is 16.7 Å². The Morgan fingerprint density at radius 2 is 1.54 bits per heavy atom. The fourth-order valence-electron chi connectivity index (χ4n) is 3.94. The summed E-state index contributed by atoms with van der Waals surface area (Å²) in [5.41, 5.74) is 2.20. The maximum atomic E-state index is 13.5. The molecule has 5 nitrogen and oxygen atoms in total. The summed E-state index contributed by atoms with van der Waals surface area (Å²) in [5, 5.41) is 6.90. The summed E-state index contributed by atoms with van der Waals surface area (Å²) in [4.78, 5) is 28.3. The molecule has 0 fully saturated rings. The van der Waals surface area contributed by atoms with E-state index in [1.165, 1.54) is 0 Å². The largest absolute Gasteiger partial charge is 0.350 e. The Labute approximate surface area is 166 Å². The number of anilines is 2. The van der Waals surface area contributed by atoms with Crippen molar-refractivity contribution in [1.29, 1.82) is 0 Å². The standard InChI is InChI=1S/C22H16ClN3O2/c23-15-11-9-14(10-12-15)13-26-20(27)16-5-1-3-7-18(16)25-22(26)17-6-2-4-8-19(17)24-21(22)28/h1-12,25H,13H2,(H,24,28)/t22-/m0/s1. The minimum atomic E-state index is -1.30. The van der Waals surface area contributed by atoms with E-state index in [-0.39, 0.29) is 18.4 Å². The topological polar surface area (TPSA) is 61.4 Å². The minimum absolute atomic E-state index is 0.198. The van der Waals surface area contributed by atoms with Gasteiger partial charge in [-0.1, -0.05) is 54.1 Å². The first-order chi connectivity index (χ1) is 13.6. The first-order valence-corrected chi connectivity index (χ1v) is 9.32. The maximum Gasteiger partial charge on any atom is 0.276 e. The zero-order valence-electron chi connectivity index (χ0n) is 14.8. The summed E-state index contributed by atoms with van der Waals surface area (Å²) >= 11 is 6.00. The Kier molecular flexibility index (Phi) is 3.67. The minimum Gasteiger partial charge on any atom is -0.350 e. The predicted molar refractivity (Wildman–Crippen MR) is 108 cm³/mol. The highest BCUT2D eigenvalue weighted by Gasteiger charge is 2.56. The van der Waals surface area contributed by atoms with Crippen LogP contribution in [0.1, 0.15) is 21.5 Å².